The van der Waals surface area contributed by atoms with Crippen molar-refractivity contribution in [3.63, 3.8) is 0 Å². The summed E-state index contributed by atoms with van der Waals surface area (Å²) in [6.07, 6.45) is 8.58. The fourth-order valence-corrected chi connectivity index (χ4v) is 4.02. The molecular formula is C19H26N6O. The Labute approximate surface area is 153 Å². The van der Waals surface area contributed by atoms with Gasteiger partial charge in [-0.15, -0.1) is 0 Å². The van der Waals surface area contributed by atoms with E-state index in [0.717, 1.165) is 62.8 Å². The Morgan fingerprint density at radius 1 is 1.15 bits per heavy atom. The predicted octanol–water partition coefficient (Wildman–Crippen LogP) is 1.85. The standard InChI is InChI=1S/C19H26N6O/c1-14-22-17(9-18(26)23-14)16-5-4-6-24(13-16)12-15-10-20-19(21-11-15)25-7-2-3-8-25/h9-11,16H,2-8,12-13H2,1H3,(H,22,23,26)/t16-/m1/s1. The molecule has 2 saturated heterocycles. The average molecular weight is 354 g/mol. The van der Waals surface area contributed by atoms with Gasteiger partial charge in [0.25, 0.3) is 5.56 Å². The lowest BCUT2D eigenvalue weighted by Crippen LogP contribution is -2.34. The Hall–Kier alpha value is -2.28. The van der Waals surface area contributed by atoms with Gasteiger partial charge in [0.05, 0.1) is 5.69 Å². The molecule has 7 nitrogen and oxygen atoms in total. The molecule has 0 bridgehead atoms. The SMILES string of the molecule is Cc1nc([C@@H]2CCCN(Cc3cnc(N4CCCC4)nc3)C2)cc(=O)[nH]1. The minimum atomic E-state index is -0.0597. The molecule has 0 spiro atoms. The number of rotatable bonds is 4. The van der Waals surface area contributed by atoms with Crippen molar-refractivity contribution >= 4 is 5.95 Å². The molecule has 0 radical (unpaired) electrons. The van der Waals surface area contributed by atoms with Crippen LogP contribution in [0.5, 0.6) is 0 Å². The van der Waals surface area contributed by atoms with Crippen molar-refractivity contribution < 1.29 is 0 Å². The van der Waals surface area contributed by atoms with E-state index in [1.807, 2.05) is 19.3 Å². The molecule has 7 heteroatoms. The van der Waals surface area contributed by atoms with Crippen LogP contribution in [0.2, 0.25) is 0 Å². The topological polar surface area (TPSA) is 78.0 Å². The number of piperidine rings is 1. The monoisotopic (exact) mass is 354 g/mol. The lowest BCUT2D eigenvalue weighted by Gasteiger charge is -2.32. The summed E-state index contributed by atoms with van der Waals surface area (Å²) in [6.45, 7) is 6.80. The zero-order valence-electron chi connectivity index (χ0n) is 15.3. The van der Waals surface area contributed by atoms with Crippen LogP contribution in [0.1, 0.15) is 48.7 Å². The number of H-pyrrole nitrogens is 1. The Kier molecular flexibility index (Phi) is 4.97. The van der Waals surface area contributed by atoms with Crippen molar-refractivity contribution in [3.05, 3.63) is 45.9 Å². The van der Waals surface area contributed by atoms with Crippen molar-refractivity contribution in [1.82, 2.24) is 24.8 Å². The molecule has 1 atom stereocenters. The van der Waals surface area contributed by atoms with Gasteiger partial charge in [0.2, 0.25) is 5.95 Å². The van der Waals surface area contributed by atoms with Crippen LogP contribution in [0.15, 0.2) is 23.3 Å². The molecule has 0 amide bonds. The molecule has 1 N–H and O–H groups in total. The molecule has 2 fully saturated rings. The van der Waals surface area contributed by atoms with E-state index < -0.39 is 0 Å². The third-order valence-corrected chi connectivity index (χ3v) is 5.29. The Bertz CT molecular complexity index is 796. The number of nitrogens with zero attached hydrogens (tertiary/aromatic N) is 5. The van der Waals surface area contributed by atoms with Gasteiger partial charge in [-0.3, -0.25) is 9.69 Å². The van der Waals surface area contributed by atoms with E-state index in [1.54, 1.807) is 6.07 Å². The van der Waals surface area contributed by atoms with E-state index in [-0.39, 0.29) is 5.56 Å². The summed E-state index contributed by atoms with van der Waals surface area (Å²) in [4.78, 5) is 32.8. The normalized spacial score (nSPS) is 21.3. The first-order valence-corrected chi connectivity index (χ1v) is 9.53. The van der Waals surface area contributed by atoms with Gasteiger partial charge >= 0.3 is 0 Å². The highest BCUT2D eigenvalue weighted by atomic mass is 16.1. The lowest BCUT2D eigenvalue weighted by atomic mass is 9.94. The van der Waals surface area contributed by atoms with Crippen LogP contribution in [0.3, 0.4) is 0 Å². The quantitative estimate of drug-likeness (QED) is 0.903. The molecule has 2 aliphatic heterocycles. The highest BCUT2D eigenvalue weighted by molar-refractivity contribution is 5.31. The Morgan fingerprint density at radius 2 is 1.92 bits per heavy atom. The molecule has 0 aliphatic carbocycles. The van der Waals surface area contributed by atoms with Crippen molar-refractivity contribution in [1.29, 1.82) is 0 Å². The molecule has 4 heterocycles. The summed E-state index contributed by atoms with van der Waals surface area (Å²) in [5.41, 5.74) is 2.00. The molecule has 2 aromatic rings. The highest BCUT2D eigenvalue weighted by Gasteiger charge is 2.23. The van der Waals surface area contributed by atoms with Gasteiger partial charge in [0, 0.05) is 56.1 Å². The van der Waals surface area contributed by atoms with Crippen LogP contribution in [0.4, 0.5) is 5.95 Å². The maximum absolute atomic E-state index is 11.7. The number of likely N-dealkylation sites (tertiary alicyclic amines) is 1. The molecule has 0 aromatic carbocycles. The highest BCUT2D eigenvalue weighted by Crippen LogP contribution is 2.26. The second kappa shape index (κ2) is 7.53. The summed E-state index contributed by atoms with van der Waals surface area (Å²) >= 11 is 0. The largest absolute Gasteiger partial charge is 0.341 e. The smallest absolute Gasteiger partial charge is 0.251 e. The number of nitrogens with one attached hydrogen (secondary N) is 1. The van der Waals surface area contributed by atoms with Crippen molar-refractivity contribution in [2.24, 2.45) is 0 Å². The number of aromatic nitrogens is 4. The zero-order valence-corrected chi connectivity index (χ0v) is 15.3. The molecule has 26 heavy (non-hydrogen) atoms. The van der Waals surface area contributed by atoms with Crippen LogP contribution in [-0.2, 0) is 6.54 Å². The Morgan fingerprint density at radius 3 is 2.65 bits per heavy atom. The fourth-order valence-electron chi connectivity index (χ4n) is 4.02. The van der Waals surface area contributed by atoms with Gasteiger partial charge in [-0.25, -0.2) is 15.0 Å². The average Bonchev–Trinajstić information content (AvgIpc) is 3.16. The minimum Gasteiger partial charge on any atom is -0.341 e. The minimum absolute atomic E-state index is 0.0597. The molecule has 0 saturated carbocycles. The lowest BCUT2D eigenvalue weighted by molar-refractivity contribution is 0.198. The summed E-state index contributed by atoms with van der Waals surface area (Å²) in [7, 11) is 0. The van der Waals surface area contributed by atoms with E-state index in [1.165, 1.54) is 12.8 Å². The first-order chi connectivity index (χ1) is 12.7. The molecule has 2 aromatic heterocycles. The number of aromatic amines is 1. The number of anilines is 1. The van der Waals surface area contributed by atoms with Gasteiger partial charge in [-0.1, -0.05) is 0 Å². The molecule has 138 valence electrons. The van der Waals surface area contributed by atoms with E-state index >= 15 is 0 Å². The molecular weight excluding hydrogens is 328 g/mol. The number of aryl methyl sites for hydroxylation is 1. The van der Waals surface area contributed by atoms with E-state index in [9.17, 15) is 4.79 Å². The van der Waals surface area contributed by atoms with Crippen molar-refractivity contribution in [3.8, 4) is 0 Å². The molecule has 2 aliphatic rings. The zero-order chi connectivity index (χ0) is 17.9. The fraction of sp³-hybridized carbons (Fsp3) is 0.579. The van der Waals surface area contributed by atoms with Crippen LogP contribution in [-0.4, -0.2) is 51.0 Å². The third kappa shape index (κ3) is 3.93. The van der Waals surface area contributed by atoms with Gasteiger partial charge < -0.3 is 9.88 Å². The second-order valence-electron chi connectivity index (χ2n) is 7.42. The van der Waals surface area contributed by atoms with Gasteiger partial charge in [-0.05, 0) is 39.2 Å². The van der Waals surface area contributed by atoms with Crippen molar-refractivity contribution in [2.45, 2.75) is 45.1 Å². The first-order valence-electron chi connectivity index (χ1n) is 9.53. The van der Waals surface area contributed by atoms with E-state index in [4.69, 9.17) is 0 Å². The van der Waals surface area contributed by atoms with E-state index in [2.05, 4.69) is 29.7 Å². The predicted molar refractivity (Wildman–Crippen MR) is 100 cm³/mol. The molecule has 0 unspecified atom stereocenters. The first kappa shape index (κ1) is 17.1. The maximum atomic E-state index is 11.7. The second-order valence-corrected chi connectivity index (χ2v) is 7.42. The van der Waals surface area contributed by atoms with Crippen molar-refractivity contribution in [2.75, 3.05) is 31.1 Å². The van der Waals surface area contributed by atoms with Crippen LogP contribution in [0.25, 0.3) is 0 Å². The summed E-state index contributed by atoms with van der Waals surface area (Å²) < 4.78 is 0. The maximum Gasteiger partial charge on any atom is 0.251 e. The summed E-state index contributed by atoms with van der Waals surface area (Å²) in [6, 6.07) is 1.65. The summed E-state index contributed by atoms with van der Waals surface area (Å²) in [5.74, 6) is 1.86. The van der Waals surface area contributed by atoms with E-state index in [0.29, 0.717) is 11.7 Å². The third-order valence-electron chi connectivity index (χ3n) is 5.29. The van der Waals surface area contributed by atoms with Gasteiger partial charge in [0.15, 0.2) is 0 Å². The van der Waals surface area contributed by atoms with Gasteiger partial charge in [-0.2, -0.15) is 0 Å². The Balaban J connectivity index is 1.41. The number of hydrogen-bond donors (Lipinski definition) is 1. The van der Waals surface area contributed by atoms with Crippen LogP contribution >= 0.6 is 0 Å². The summed E-state index contributed by atoms with van der Waals surface area (Å²) in [5, 5.41) is 0. The van der Waals surface area contributed by atoms with Crippen LogP contribution < -0.4 is 10.5 Å². The number of hydrogen-bond acceptors (Lipinski definition) is 6. The van der Waals surface area contributed by atoms with Crippen LogP contribution in [0, 0.1) is 6.92 Å². The molecule has 4 rings (SSSR count). The van der Waals surface area contributed by atoms with Gasteiger partial charge in [0.1, 0.15) is 5.82 Å².